The Kier molecular flexibility index (Phi) is 4.21. The van der Waals surface area contributed by atoms with Crippen LogP contribution in [-0.4, -0.2) is 5.78 Å². The van der Waals surface area contributed by atoms with Crippen LogP contribution >= 0.6 is 0 Å². The van der Waals surface area contributed by atoms with Crippen molar-refractivity contribution in [1.29, 1.82) is 0 Å². The molecule has 0 aromatic carbocycles. The van der Waals surface area contributed by atoms with Crippen molar-refractivity contribution in [3.63, 3.8) is 0 Å². The van der Waals surface area contributed by atoms with Crippen LogP contribution in [0.3, 0.4) is 0 Å². The van der Waals surface area contributed by atoms with Crippen LogP contribution in [0.15, 0.2) is 12.2 Å². The van der Waals surface area contributed by atoms with Crippen molar-refractivity contribution in [2.45, 2.75) is 85.0 Å². The van der Waals surface area contributed by atoms with E-state index >= 15 is 0 Å². The SMILES string of the molecule is CC=CCC1CC[C@H]2[C@@H]3CCC4CC(=O)CC[C@]4(C)[C@@H]3CC[C@]12C. The second kappa shape index (κ2) is 5.99. The first-order valence-corrected chi connectivity index (χ1v) is 10.6. The highest BCUT2D eigenvalue weighted by Gasteiger charge is 2.59. The van der Waals surface area contributed by atoms with Gasteiger partial charge >= 0.3 is 0 Å². The van der Waals surface area contributed by atoms with Gasteiger partial charge in [-0.05, 0) is 98.7 Å². The number of carbonyl (C=O) groups excluding carboxylic acids is 1. The third-order valence-electron chi connectivity index (χ3n) is 9.33. The van der Waals surface area contributed by atoms with Gasteiger partial charge in [-0.2, -0.15) is 0 Å². The molecule has 0 bridgehead atoms. The standard InChI is InChI=1S/C23H36O/c1-4-5-6-16-8-10-20-19-9-7-17-15-18(24)11-13-23(17,3)21(19)12-14-22(16,20)2/h4-5,16-17,19-21H,6-15H2,1-3H3/t16?,17?,19-,20-,21+,22+,23-/m0/s1. The molecule has 0 aliphatic heterocycles. The van der Waals surface area contributed by atoms with Crippen molar-refractivity contribution >= 4 is 5.78 Å². The smallest absolute Gasteiger partial charge is 0.133 e. The Morgan fingerprint density at radius 1 is 1.00 bits per heavy atom. The van der Waals surface area contributed by atoms with Gasteiger partial charge in [-0.15, -0.1) is 0 Å². The van der Waals surface area contributed by atoms with Gasteiger partial charge in [-0.1, -0.05) is 26.0 Å². The summed E-state index contributed by atoms with van der Waals surface area (Å²) in [6, 6.07) is 0. The molecule has 0 aromatic rings. The lowest BCUT2D eigenvalue weighted by Gasteiger charge is -2.60. The Bertz CT molecular complexity index is 534. The maximum absolute atomic E-state index is 12.0. The van der Waals surface area contributed by atoms with E-state index in [4.69, 9.17) is 0 Å². The second-order valence-electron chi connectivity index (χ2n) is 10.0. The van der Waals surface area contributed by atoms with Crippen molar-refractivity contribution in [2.24, 2.45) is 40.4 Å². The van der Waals surface area contributed by atoms with Crippen molar-refractivity contribution < 1.29 is 4.79 Å². The van der Waals surface area contributed by atoms with E-state index < -0.39 is 0 Å². The third kappa shape index (κ3) is 2.36. The average molecular weight is 329 g/mol. The summed E-state index contributed by atoms with van der Waals surface area (Å²) in [7, 11) is 0. The quantitative estimate of drug-likeness (QED) is 0.553. The maximum atomic E-state index is 12.0. The molecule has 0 spiro atoms. The molecule has 2 unspecified atom stereocenters. The minimum absolute atomic E-state index is 0.472. The Balaban J connectivity index is 1.57. The molecule has 1 nitrogen and oxygen atoms in total. The maximum Gasteiger partial charge on any atom is 0.133 e. The molecule has 0 radical (unpaired) electrons. The van der Waals surface area contributed by atoms with Crippen LogP contribution in [0.1, 0.15) is 85.0 Å². The molecule has 4 saturated carbocycles. The Hall–Kier alpha value is -0.590. The van der Waals surface area contributed by atoms with Crippen LogP contribution in [0.2, 0.25) is 0 Å². The molecule has 7 atom stereocenters. The number of fused-ring (bicyclic) bond motifs is 5. The number of hydrogen-bond donors (Lipinski definition) is 0. The molecule has 0 aromatic heterocycles. The predicted molar refractivity (Wildman–Crippen MR) is 99.7 cm³/mol. The zero-order chi connectivity index (χ0) is 16.9. The topological polar surface area (TPSA) is 17.1 Å². The average Bonchev–Trinajstić information content (AvgIpc) is 2.90. The highest BCUT2D eigenvalue weighted by molar-refractivity contribution is 5.79. The minimum Gasteiger partial charge on any atom is -0.300 e. The number of ketones is 1. The van der Waals surface area contributed by atoms with Crippen molar-refractivity contribution in [3.8, 4) is 0 Å². The highest BCUT2D eigenvalue weighted by atomic mass is 16.1. The van der Waals surface area contributed by atoms with Crippen molar-refractivity contribution in [2.75, 3.05) is 0 Å². The molecule has 24 heavy (non-hydrogen) atoms. The van der Waals surface area contributed by atoms with E-state index in [1.165, 1.54) is 51.4 Å². The number of allylic oxidation sites excluding steroid dienone is 2. The molecule has 0 amide bonds. The summed E-state index contributed by atoms with van der Waals surface area (Å²) >= 11 is 0. The van der Waals surface area contributed by atoms with E-state index in [0.717, 1.165) is 36.5 Å². The largest absolute Gasteiger partial charge is 0.300 e. The fourth-order valence-corrected chi connectivity index (χ4v) is 7.84. The fraction of sp³-hybridized carbons (Fsp3) is 0.870. The lowest BCUT2D eigenvalue weighted by Crippen LogP contribution is -2.53. The second-order valence-corrected chi connectivity index (χ2v) is 10.0. The minimum atomic E-state index is 0.472. The molecule has 0 N–H and O–H groups in total. The summed E-state index contributed by atoms with van der Waals surface area (Å²) in [5, 5.41) is 0. The summed E-state index contributed by atoms with van der Waals surface area (Å²) in [5.41, 5.74) is 1.06. The van der Waals surface area contributed by atoms with E-state index in [1.807, 2.05) is 0 Å². The fourth-order valence-electron chi connectivity index (χ4n) is 7.84. The number of hydrogen-bond acceptors (Lipinski definition) is 1. The molecule has 0 heterocycles. The van der Waals surface area contributed by atoms with E-state index in [0.29, 0.717) is 22.5 Å². The molecule has 4 fully saturated rings. The van der Waals surface area contributed by atoms with Crippen LogP contribution in [0.5, 0.6) is 0 Å². The molecular weight excluding hydrogens is 292 g/mol. The van der Waals surface area contributed by atoms with Gasteiger partial charge in [0.1, 0.15) is 5.78 Å². The molecule has 0 saturated heterocycles. The third-order valence-corrected chi connectivity index (χ3v) is 9.33. The summed E-state index contributed by atoms with van der Waals surface area (Å²) in [6.07, 6.45) is 17.4. The zero-order valence-electron chi connectivity index (χ0n) is 16.0. The highest BCUT2D eigenvalue weighted by Crippen LogP contribution is 2.67. The summed E-state index contributed by atoms with van der Waals surface area (Å²) in [6.45, 7) is 7.36. The molecule has 4 rings (SSSR count). The van der Waals surface area contributed by atoms with Gasteiger partial charge < -0.3 is 0 Å². The van der Waals surface area contributed by atoms with Crippen LogP contribution in [0, 0.1) is 40.4 Å². The van der Waals surface area contributed by atoms with Gasteiger partial charge in [0.15, 0.2) is 0 Å². The first kappa shape index (κ1) is 16.9. The van der Waals surface area contributed by atoms with Gasteiger partial charge in [0, 0.05) is 12.8 Å². The van der Waals surface area contributed by atoms with E-state index in [-0.39, 0.29) is 0 Å². The summed E-state index contributed by atoms with van der Waals surface area (Å²) in [4.78, 5) is 12.0. The van der Waals surface area contributed by atoms with Crippen LogP contribution in [0.25, 0.3) is 0 Å². The van der Waals surface area contributed by atoms with Crippen LogP contribution < -0.4 is 0 Å². The van der Waals surface area contributed by atoms with Gasteiger partial charge in [-0.3, -0.25) is 4.79 Å². The lowest BCUT2D eigenvalue weighted by atomic mass is 9.44. The predicted octanol–water partition coefficient (Wildman–Crippen LogP) is 6.18. The number of Topliss-reactive ketones (excluding diaryl/α,β-unsaturated/α-hetero) is 1. The van der Waals surface area contributed by atoms with Crippen molar-refractivity contribution in [3.05, 3.63) is 12.2 Å². The molecule has 4 aliphatic rings. The summed E-state index contributed by atoms with van der Waals surface area (Å²) in [5.74, 6) is 4.98. The molecule has 4 aliphatic carbocycles. The number of rotatable bonds is 2. The van der Waals surface area contributed by atoms with Gasteiger partial charge in [-0.25, -0.2) is 0 Å². The lowest BCUT2D eigenvalue weighted by molar-refractivity contribution is -0.139. The van der Waals surface area contributed by atoms with Crippen LogP contribution in [0.4, 0.5) is 0 Å². The first-order chi connectivity index (χ1) is 11.5. The Morgan fingerprint density at radius 3 is 2.58 bits per heavy atom. The molecule has 1 heteroatoms. The summed E-state index contributed by atoms with van der Waals surface area (Å²) < 4.78 is 0. The van der Waals surface area contributed by atoms with Crippen LogP contribution in [-0.2, 0) is 4.79 Å². The first-order valence-electron chi connectivity index (χ1n) is 10.6. The van der Waals surface area contributed by atoms with E-state index in [2.05, 4.69) is 32.9 Å². The van der Waals surface area contributed by atoms with Gasteiger partial charge in [0.2, 0.25) is 0 Å². The number of carbonyl (C=O) groups is 1. The normalized spacial score (nSPS) is 51.3. The van der Waals surface area contributed by atoms with Crippen molar-refractivity contribution in [1.82, 2.24) is 0 Å². The zero-order valence-corrected chi connectivity index (χ0v) is 16.0. The molecule has 134 valence electrons. The van der Waals surface area contributed by atoms with Gasteiger partial charge in [0.05, 0.1) is 0 Å². The van der Waals surface area contributed by atoms with E-state index in [9.17, 15) is 4.79 Å². The Labute approximate surface area is 148 Å². The van der Waals surface area contributed by atoms with E-state index in [1.54, 1.807) is 0 Å². The molecular formula is C23H36O. The Morgan fingerprint density at radius 2 is 1.79 bits per heavy atom. The monoisotopic (exact) mass is 328 g/mol. The van der Waals surface area contributed by atoms with Gasteiger partial charge in [0.25, 0.3) is 0 Å².